The number of hydrogen-bond donors (Lipinski definition) is 1. The van der Waals surface area contributed by atoms with Crippen molar-refractivity contribution in [3.05, 3.63) is 0 Å². The van der Waals surface area contributed by atoms with Gasteiger partial charge in [-0.05, 0) is 20.3 Å². The van der Waals surface area contributed by atoms with E-state index >= 15 is 0 Å². The van der Waals surface area contributed by atoms with Gasteiger partial charge in [0.1, 0.15) is 18.8 Å². The minimum Gasteiger partial charge on any atom is -0.480 e. The van der Waals surface area contributed by atoms with Crippen molar-refractivity contribution in [1.82, 2.24) is 0 Å². The molecule has 6 nitrogen and oxygen atoms in total. The van der Waals surface area contributed by atoms with Gasteiger partial charge in [-0.15, -0.1) is 0 Å². The maximum absolute atomic E-state index is 11.0. The molecule has 0 aliphatic rings. The van der Waals surface area contributed by atoms with Crippen LogP contribution in [-0.2, 0) is 24.1 Å². The number of carbonyl (C=O) groups is 2. The zero-order chi connectivity index (χ0) is 12.6. The molecule has 0 aromatic heterocycles. The van der Waals surface area contributed by atoms with Gasteiger partial charge >= 0.3 is 11.9 Å². The fraction of sp³-hybridized carbons (Fsp3) is 0.800. The zero-order valence-corrected chi connectivity index (χ0v) is 9.82. The molecule has 0 atom stereocenters. The first kappa shape index (κ1) is 14.9. The van der Waals surface area contributed by atoms with Crippen LogP contribution in [-0.4, -0.2) is 35.9 Å². The second-order valence-electron chi connectivity index (χ2n) is 3.93. The predicted molar refractivity (Wildman–Crippen MR) is 54.6 cm³/mol. The lowest BCUT2D eigenvalue weighted by atomic mass is 10.0. The lowest BCUT2D eigenvalue weighted by Crippen LogP contribution is -2.27. The summed E-state index contributed by atoms with van der Waals surface area (Å²) in [7, 11) is 0. The van der Waals surface area contributed by atoms with Gasteiger partial charge in [0.2, 0.25) is 0 Å². The Bertz CT molecular complexity index is 235. The molecule has 0 spiro atoms. The molecular weight excluding hydrogens is 216 g/mol. The third-order valence-corrected chi connectivity index (χ3v) is 1.66. The highest BCUT2D eigenvalue weighted by Gasteiger charge is 2.21. The Morgan fingerprint density at radius 2 is 1.88 bits per heavy atom. The smallest absolute Gasteiger partial charge is 0.367 e. The average Bonchev–Trinajstić information content (AvgIpc) is 2.14. The van der Waals surface area contributed by atoms with Crippen molar-refractivity contribution >= 4 is 11.9 Å². The molecule has 0 fully saturated rings. The van der Waals surface area contributed by atoms with E-state index in [2.05, 4.69) is 9.62 Å². The highest BCUT2D eigenvalue weighted by atomic mass is 17.2. The lowest BCUT2D eigenvalue weighted by Gasteiger charge is -2.21. The quantitative estimate of drug-likeness (QED) is 0.501. The van der Waals surface area contributed by atoms with Crippen LogP contribution in [0.15, 0.2) is 0 Å². The Kier molecular flexibility index (Phi) is 6.67. The summed E-state index contributed by atoms with van der Waals surface area (Å²) in [6.45, 7) is 4.61. The van der Waals surface area contributed by atoms with E-state index in [-0.39, 0.29) is 0 Å². The fourth-order valence-corrected chi connectivity index (χ4v) is 1.05. The van der Waals surface area contributed by atoms with Crippen molar-refractivity contribution < 1.29 is 29.2 Å². The van der Waals surface area contributed by atoms with Crippen molar-refractivity contribution in [3.63, 3.8) is 0 Å². The summed E-state index contributed by atoms with van der Waals surface area (Å²) >= 11 is 0. The van der Waals surface area contributed by atoms with Crippen molar-refractivity contribution in [1.29, 1.82) is 0 Å². The van der Waals surface area contributed by atoms with E-state index in [4.69, 9.17) is 9.99 Å². The summed E-state index contributed by atoms with van der Waals surface area (Å²) < 4.78 is 4.53. The van der Waals surface area contributed by atoms with Crippen molar-refractivity contribution in [3.8, 4) is 0 Å². The molecule has 0 amide bonds. The summed E-state index contributed by atoms with van der Waals surface area (Å²) in [6.07, 6.45) is 1.65. The van der Waals surface area contributed by atoms with Gasteiger partial charge in [-0.2, -0.15) is 4.89 Å². The van der Waals surface area contributed by atoms with E-state index in [9.17, 15) is 9.59 Å². The predicted octanol–water partition coefficient (Wildman–Crippen LogP) is 1.14. The average molecular weight is 234 g/mol. The van der Waals surface area contributed by atoms with Gasteiger partial charge in [-0.3, -0.25) is 4.89 Å². The molecule has 0 heterocycles. The number of hydrogen-bond acceptors (Lipinski definition) is 5. The fourth-order valence-electron chi connectivity index (χ4n) is 1.05. The molecule has 0 unspecified atom stereocenters. The Morgan fingerprint density at radius 1 is 1.25 bits per heavy atom. The molecule has 0 aliphatic heterocycles. The van der Waals surface area contributed by atoms with E-state index < -0.39 is 30.8 Å². The molecular formula is C10H18O6. The Morgan fingerprint density at radius 3 is 2.38 bits per heavy atom. The monoisotopic (exact) mass is 234 g/mol. The molecule has 0 saturated carbocycles. The first-order chi connectivity index (χ1) is 7.37. The number of carbonyl (C=O) groups excluding carboxylic acids is 1. The van der Waals surface area contributed by atoms with Gasteiger partial charge in [0.15, 0.2) is 0 Å². The maximum Gasteiger partial charge on any atom is 0.367 e. The molecule has 0 radical (unpaired) electrons. The van der Waals surface area contributed by atoms with Crippen LogP contribution < -0.4 is 0 Å². The van der Waals surface area contributed by atoms with Gasteiger partial charge in [-0.25, -0.2) is 9.59 Å². The Hall–Kier alpha value is -1.14. The third-order valence-electron chi connectivity index (χ3n) is 1.66. The SMILES string of the molecule is CCCC(C)(C)OOC(=O)COCC(=O)O. The summed E-state index contributed by atoms with van der Waals surface area (Å²) in [6, 6.07) is 0. The highest BCUT2D eigenvalue weighted by Crippen LogP contribution is 2.16. The van der Waals surface area contributed by atoms with Crippen LogP contribution in [0.25, 0.3) is 0 Å². The summed E-state index contributed by atoms with van der Waals surface area (Å²) in [5, 5.41) is 8.25. The standard InChI is InChI=1S/C10H18O6/c1-4-5-10(2,3)16-15-9(13)7-14-6-8(11)12/h4-7H2,1-3H3,(H,11,12). The van der Waals surface area contributed by atoms with Crippen LogP contribution in [0.3, 0.4) is 0 Å². The Balaban J connectivity index is 3.68. The minimum absolute atomic E-state index is 0.436. The molecule has 0 rings (SSSR count). The van der Waals surface area contributed by atoms with Crippen LogP contribution in [0.5, 0.6) is 0 Å². The topological polar surface area (TPSA) is 82.1 Å². The second-order valence-corrected chi connectivity index (χ2v) is 3.93. The van der Waals surface area contributed by atoms with E-state index in [1.165, 1.54) is 0 Å². The molecule has 0 saturated heterocycles. The van der Waals surface area contributed by atoms with E-state index in [1.54, 1.807) is 13.8 Å². The molecule has 94 valence electrons. The van der Waals surface area contributed by atoms with E-state index in [0.717, 1.165) is 12.8 Å². The minimum atomic E-state index is -1.14. The molecule has 1 N–H and O–H groups in total. The van der Waals surface area contributed by atoms with E-state index in [0.29, 0.717) is 0 Å². The first-order valence-corrected chi connectivity index (χ1v) is 5.05. The van der Waals surface area contributed by atoms with E-state index in [1.807, 2.05) is 6.92 Å². The molecule has 0 bridgehead atoms. The van der Waals surface area contributed by atoms with Crippen LogP contribution in [0, 0.1) is 0 Å². The van der Waals surface area contributed by atoms with Gasteiger partial charge in [0, 0.05) is 0 Å². The van der Waals surface area contributed by atoms with Crippen LogP contribution in [0.1, 0.15) is 33.6 Å². The van der Waals surface area contributed by atoms with Crippen LogP contribution >= 0.6 is 0 Å². The number of carboxylic acid groups (broad SMARTS) is 1. The van der Waals surface area contributed by atoms with Crippen LogP contribution in [0.2, 0.25) is 0 Å². The summed E-state index contributed by atoms with van der Waals surface area (Å²) in [4.78, 5) is 30.5. The lowest BCUT2D eigenvalue weighted by molar-refractivity contribution is -0.327. The third kappa shape index (κ3) is 8.19. The largest absolute Gasteiger partial charge is 0.480 e. The molecule has 0 aromatic rings. The number of rotatable bonds is 8. The molecule has 0 aliphatic carbocycles. The highest BCUT2D eigenvalue weighted by molar-refractivity contribution is 5.71. The van der Waals surface area contributed by atoms with Gasteiger partial charge < -0.3 is 9.84 Å². The van der Waals surface area contributed by atoms with Crippen molar-refractivity contribution in [2.45, 2.75) is 39.2 Å². The summed E-state index contributed by atoms with van der Waals surface area (Å²) in [5.74, 6) is -1.88. The number of ether oxygens (including phenoxy) is 1. The number of carboxylic acids is 1. The van der Waals surface area contributed by atoms with Gasteiger partial charge in [0.25, 0.3) is 0 Å². The summed E-state index contributed by atoms with van der Waals surface area (Å²) in [5.41, 5.74) is -0.544. The van der Waals surface area contributed by atoms with Gasteiger partial charge in [-0.1, -0.05) is 13.3 Å². The zero-order valence-electron chi connectivity index (χ0n) is 9.82. The van der Waals surface area contributed by atoms with Gasteiger partial charge in [0.05, 0.1) is 0 Å². The van der Waals surface area contributed by atoms with Crippen molar-refractivity contribution in [2.24, 2.45) is 0 Å². The molecule has 16 heavy (non-hydrogen) atoms. The first-order valence-electron chi connectivity index (χ1n) is 5.05. The van der Waals surface area contributed by atoms with Crippen LogP contribution in [0.4, 0.5) is 0 Å². The Labute approximate surface area is 94.4 Å². The molecule has 6 heteroatoms. The molecule has 0 aromatic carbocycles. The normalized spacial score (nSPS) is 11.2. The second kappa shape index (κ2) is 7.19. The maximum atomic E-state index is 11.0. The van der Waals surface area contributed by atoms with Crippen molar-refractivity contribution in [2.75, 3.05) is 13.2 Å². The number of aliphatic carboxylic acids is 1.